The summed E-state index contributed by atoms with van der Waals surface area (Å²) >= 11 is 0. The van der Waals surface area contributed by atoms with Gasteiger partial charge in [0.05, 0.1) is 6.54 Å². The summed E-state index contributed by atoms with van der Waals surface area (Å²) in [4.78, 5) is 42.2. The topological polar surface area (TPSA) is 81.1 Å². The van der Waals surface area contributed by atoms with Gasteiger partial charge in [-0.2, -0.15) is 0 Å². The van der Waals surface area contributed by atoms with Crippen molar-refractivity contribution in [2.45, 2.75) is 70.9 Å². The van der Waals surface area contributed by atoms with Crippen LogP contribution >= 0.6 is 0 Å². The van der Waals surface area contributed by atoms with Crippen molar-refractivity contribution in [2.75, 3.05) is 19.8 Å². The zero-order chi connectivity index (χ0) is 26.9. The van der Waals surface area contributed by atoms with Gasteiger partial charge in [0.25, 0.3) is 5.91 Å². The lowest BCUT2D eigenvalue weighted by molar-refractivity contribution is -0.155. The van der Waals surface area contributed by atoms with Gasteiger partial charge in [-0.3, -0.25) is 14.5 Å². The molecule has 0 N–H and O–H groups in total. The molecule has 6 rings (SSSR count). The van der Waals surface area contributed by atoms with Crippen LogP contribution in [0.1, 0.15) is 66.2 Å². The number of urea groups is 1. The van der Waals surface area contributed by atoms with Crippen LogP contribution in [0.3, 0.4) is 0 Å². The molecule has 4 heterocycles. The van der Waals surface area contributed by atoms with Crippen molar-refractivity contribution in [2.24, 2.45) is 0 Å². The molecule has 3 amide bonds. The Hall–Kier alpha value is -3.49. The number of benzene rings is 2. The van der Waals surface area contributed by atoms with Gasteiger partial charge in [-0.05, 0) is 42.9 Å². The minimum atomic E-state index is -0.423. The number of ether oxygens (including phenoxy) is 2. The van der Waals surface area contributed by atoms with E-state index in [0.717, 1.165) is 59.8 Å². The number of nitrogens with zero attached hydrogens (tertiary/aromatic N) is 3. The summed E-state index contributed by atoms with van der Waals surface area (Å²) in [6.07, 6.45) is 4.93. The monoisotopic (exact) mass is 529 g/mol. The van der Waals surface area contributed by atoms with Gasteiger partial charge in [-0.15, -0.1) is 0 Å². The molecule has 2 saturated heterocycles. The minimum Gasteiger partial charge on any atom is -0.353 e. The van der Waals surface area contributed by atoms with E-state index in [1.54, 1.807) is 4.90 Å². The molecule has 0 spiro atoms. The molecular formula is C31H35N3O5. The molecule has 8 nitrogen and oxygen atoms in total. The molecule has 3 aliphatic rings. The molecule has 39 heavy (non-hydrogen) atoms. The Morgan fingerprint density at radius 2 is 1.90 bits per heavy atom. The second-order valence-electron chi connectivity index (χ2n) is 10.7. The van der Waals surface area contributed by atoms with Crippen molar-refractivity contribution in [3.63, 3.8) is 0 Å². The molecular weight excluding hydrogens is 494 g/mol. The van der Waals surface area contributed by atoms with Crippen LogP contribution < -0.4 is 0 Å². The highest BCUT2D eigenvalue weighted by Crippen LogP contribution is 2.37. The predicted octanol–water partition coefficient (Wildman–Crippen LogP) is 4.90. The first-order valence-electron chi connectivity index (χ1n) is 14.1. The highest BCUT2D eigenvalue weighted by molar-refractivity contribution is 6.05. The maximum absolute atomic E-state index is 13.2. The fraction of sp³-hybridized carbons (Fsp3) is 0.452. The van der Waals surface area contributed by atoms with Crippen LogP contribution in [0.5, 0.6) is 0 Å². The third kappa shape index (κ3) is 4.87. The standard InChI is InChI=1S/C31H35N3O5/c1-2-3-15-32-30(36)26-17-24-23-8-4-5-9-25(23)33(27(24)19-34(26)31(32)37)18-21-11-13-22(14-12-21)28(35)20-39-29-10-6-7-16-38-29/h4-5,8-9,11-14,26,29H,2-3,6-7,10,15-20H2,1H3. The lowest BCUT2D eigenvalue weighted by Gasteiger charge is -2.28. The average molecular weight is 530 g/mol. The highest BCUT2D eigenvalue weighted by atomic mass is 16.7. The van der Waals surface area contributed by atoms with Crippen LogP contribution in [0.4, 0.5) is 4.79 Å². The Bertz CT molecular complexity index is 1390. The van der Waals surface area contributed by atoms with Crippen LogP contribution in [0.2, 0.25) is 0 Å². The molecule has 0 bridgehead atoms. The highest BCUT2D eigenvalue weighted by Gasteiger charge is 2.48. The SMILES string of the molecule is CCCCN1C(=O)C2Cc3c(n(Cc4ccc(C(=O)COC5CCCCO5)cc4)c4ccccc34)CN2C1=O. The fourth-order valence-electron chi connectivity index (χ4n) is 6.04. The van der Waals surface area contributed by atoms with Crippen LogP contribution in [0.25, 0.3) is 10.9 Å². The van der Waals surface area contributed by atoms with Crippen LogP contribution in [-0.4, -0.2) is 64.2 Å². The molecule has 2 atom stereocenters. The lowest BCUT2D eigenvalue weighted by atomic mass is 9.97. The molecule has 3 aromatic rings. The first kappa shape index (κ1) is 25.8. The molecule has 0 aliphatic carbocycles. The molecule has 0 saturated carbocycles. The molecule has 1 aromatic heterocycles. The summed E-state index contributed by atoms with van der Waals surface area (Å²) in [5, 5.41) is 1.13. The van der Waals surface area contributed by atoms with Gasteiger partial charge in [-0.1, -0.05) is 55.8 Å². The number of imide groups is 1. The van der Waals surface area contributed by atoms with Gasteiger partial charge in [0.2, 0.25) is 0 Å². The largest absolute Gasteiger partial charge is 0.353 e. The maximum atomic E-state index is 13.2. The van der Waals surface area contributed by atoms with E-state index in [-0.39, 0.29) is 30.6 Å². The number of hydrogen-bond acceptors (Lipinski definition) is 5. The molecule has 3 aliphatic heterocycles. The van der Waals surface area contributed by atoms with Crippen LogP contribution in [0.15, 0.2) is 48.5 Å². The zero-order valence-corrected chi connectivity index (χ0v) is 22.4. The van der Waals surface area contributed by atoms with E-state index >= 15 is 0 Å². The fourth-order valence-corrected chi connectivity index (χ4v) is 6.04. The normalized spacial score (nSPS) is 20.9. The second-order valence-corrected chi connectivity index (χ2v) is 10.7. The number of carbonyl (C=O) groups is 3. The summed E-state index contributed by atoms with van der Waals surface area (Å²) in [5.74, 6) is -0.134. The first-order chi connectivity index (χ1) is 19.0. The molecule has 2 fully saturated rings. The van der Waals surface area contributed by atoms with E-state index in [9.17, 15) is 14.4 Å². The summed E-state index contributed by atoms with van der Waals surface area (Å²) in [6, 6.07) is 15.3. The van der Waals surface area contributed by atoms with Crippen molar-refractivity contribution in [3.8, 4) is 0 Å². The summed E-state index contributed by atoms with van der Waals surface area (Å²) in [5.41, 5.74) is 4.99. The molecule has 0 radical (unpaired) electrons. The number of hydrogen-bond donors (Lipinski definition) is 0. The summed E-state index contributed by atoms with van der Waals surface area (Å²) in [6.45, 7) is 4.27. The smallest absolute Gasteiger partial charge is 0.327 e. The molecule has 2 aromatic carbocycles. The second kappa shape index (κ2) is 10.9. The predicted molar refractivity (Wildman–Crippen MR) is 146 cm³/mol. The van der Waals surface area contributed by atoms with E-state index in [2.05, 4.69) is 23.6 Å². The molecule has 2 unspecified atom stereocenters. The number of rotatable bonds is 9. The van der Waals surface area contributed by atoms with E-state index in [0.29, 0.717) is 38.2 Å². The Labute approximate surface area is 228 Å². The van der Waals surface area contributed by atoms with Crippen molar-refractivity contribution in [1.82, 2.24) is 14.4 Å². The minimum absolute atomic E-state index is 0.0127. The van der Waals surface area contributed by atoms with Gasteiger partial charge in [0.15, 0.2) is 12.1 Å². The van der Waals surface area contributed by atoms with E-state index in [1.807, 2.05) is 36.4 Å². The Morgan fingerprint density at radius 3 is 2.67 bits per heavy atom. The quantitative estimate of drug-likeness (QED) is 0.291. The number of para-hydroxylation sites is 1. The summed E-state index contributed by atoms with van der Waals surface area (Å²) in [7, 11) is 0. The number of carbonyl (C=O) groups excluding carboxylic acids is 3. The van der Waals surface area contributed by atoms with Gasteiger partial charge in [-0.25, -0.2) is 4.79 Å². The number of unbranched alkanes of at least 4 members (excludes halogenated alkanes) is 1. The summed E-state index contributed by atoms with van der Waals surface area (Å²) < 4.78 is 13.5. The Balaban J connectivity index is 1.21. The number of ketones is 1. The van der Waals surface area contributed by atoms with Gasteiger partial charge in [0.1, 0.15) is 12.6 Å². The Morgan fingerprint density at radius 1 is 1.08 bits per heavy atom. The van der Waals surface area contributed by atoms with E-state index in [1.165, 1.54) is 4.90 Å². The van der Waals surface area contributed by atoms with Crippen LogP contribution in [-0.2, 0) is 33.8 Å². The third-order valence-electron chi connectivity index (χ3n) is 8.21. The number of aromatic nitrogens is 1. The van der Waals surface area contributed by atoms with Crippen molar-refractivity contribution in [3.05, 3.63) is 70.9 Å². The maximum Gasteiger partial charge on any atom is 0.327 e. The first-order valence-corrected chi connectivity index (χ1v) is 14.1. The zero-order valence-electron chi connectivity index (χ0n) is 22.4. The molecule has 204 valence electrons. The van der Waals surface area contributed by atoms with Crippen LogP contribution in [0, 0.1) is 0 Å². The average Bonchev–Trinajstić information content (AvgIpc) is 3.40. The van der Waals surface area contributed by atoms with Gasteiger partial charge in [0, 0.05) is 48.3 Å². The van der Waals surface area contributed by atoms with Crippen molar-refractivity contribution < 1.29 is 23.9 Å². The lowest BCUT2D eigenvalue weighted by Crippen LogP contribution is -2.40. The van der Waals surface area contributed by atoms with Gasteiger partial charge >= 0.3 is 6.03 Å². The molecule has 8 heteroatoms. The Kier molecular flexibility index (Phi) is 7.23. The number of Topliss-reactive ketones (excluding diaryl/α,β-unsaturated/α-hetero) is 1. The number of amides is 3. The van der Waals surface area contributed by atoms with E-state index < -0.39 is 6.04 Å². The third-order valence-corrected chi connectivity index (χ3v) is 8.21. The van der Waals surface area contributed by atoms with Gasteiger partial charge < -0.3 is 18.9 Å². The van der Waals surface area contributed by atoms with Crippen molar-refractivity contribution in [1.29, 1.82) is 0 Å². The van der Waals surface area contributed by atoms with E-state index in [4.69, 9.17) is 9.47 Å². The van der Waals surface area contributed by atoms with Crippen molar-refractivity contribution >= 4 is 28.6 Å². The number of fused-ring (bicyclic) bond motifs is 4.